The molecule has 0 spiro atoms. The van der Waals surface area contributed by atoms with Gasteiger partial charge in [0.05, 0.1) is 6.54 Å². The van der Waals surface area contributed by atoms with E-state index in [1.807, 2.05) is 24.1 Å². The molecule has 0 aromatic heterocycles. The van der Waals surface area contributed by atoms with Crippen molar-refractivity contribution in [2.75, 3.05) is 13.6 Å². The number of rotatable bonds is 6. The van der Waals surface area contributed by atoms with Gasteiger partial charge < -0.3 is 5.32 Å². The predicted octanol–water partition coefficient (Wildman–Crippen LogP) is 0.000500. The lowest BCUT2D eigenvalue weighted by atomic mass is 10.1. The maximum atomic E-state index is 11.7. The molecule has 0 aliphatic heterocycles. The Balaban J connectivity index is 1.82. The van der Waals surface area contributed by atoms with Crippen LogP contribution in [-0.4, -0.2) is 36.3 Å². The van der Waals surface area contributed by atoms with E-state index in [2.05, 4.69) is 10.7 Å². The van der Waals surface area contributed by atoms with Crippen molar-refractivity contribution in [3.8, 4) is 0 Å². The minimum absolute atomic E-state index is 0.0640. The lowest BCUT2D eigenvalue weighted by Crippen LogP contribution is -2.35. The zero-order valence-electron chi connectivity index (χ0n) is 11.6. The molecule has 6 heteroatoms. The van der Waals surface area contributed by atoms with Gasteiger partial charge in [0.1, 0.15) is 0 Å². The summed E-state index contributed by atoms with van der Waals surface area (Å²) in [6.45, 7) is 1.03. The number of carbonyl (C=O) groups excluding carboxylic acids is 2. The first kappa shape index (κ1) is 14.5. The number of amides is 2. The molecule has 1 fully saturated rings. The van der Waals surface area contributed by atoms with Crippen LogP contribution in [0.2, 0.25) is 0 Å². The number of hydrogen-bond acceptors (Lipinski definition) is 4. The van der Waals surface area contributed by atoms with Crippen molar-refractivity contribution < 1.29 is 9.59 Å². The maximum absolute atomic E-state index is 11.7. The summed E-state index contributed by atoms with van der Waals surface area (Å²) in [4.78, 5) is 24.9. The van der Waals surface area contributed by atoms with Crippen molar-refractivity contribution in [3.63, 3.8) is 0 Å². The molecule has 0 heterocycles. The van der Waals surface area contributed by atoms with Crippen molar-refractivity contribution in [2.45, 2.75) is 25.4 Å². The predicted molar refractivity (Wildman–Crippen MR) is 75.6 cm³/mol. The van der Waals surface area contributed by atoms with E-state index in [4.69, 9.17) is 5.84 Å². The molecule has 20 heavy (non-hydrogen) atoms. The first-order chi connectivity index (χ1) is 9.58. The minimum Gasteiger partial charge on any atom is -0.352 e. The quantitative estimate of drug-likeness (QED) is 0.388. The molecule has 2 amide bonds. The summed E-state index contributed by atoms with van der Waals surface area (Å²) < 4.78 is 0. The molecule has 4 N–H and O–H groups in total. The van der Waals surface area contributed by atoms with E-state index < -0.39 is 0 Å². The first-order valence-electron chi connectivity index (χ1n) is 6.66. The van der Waals surface area contributed by atoms with Crippen LogP contribution in [0.1, 0.15) is 28.8 Å². The normalized spacial score (nSPS) is 14.2. The van der Waals surface area contributed by atoms with Crippen molar-refractivity contribution in [3.05, 3.63) is 35.4 Å². The van der Waals surface area contributed by atoms with Crippen LogP contribution in [-0.2, 0) is 11.3 Å². The Kier molecular flexibility index (Phi) is 4.70. The number of hydrazine groups is 1. The molecule has 0 radical (unpaired) electrons. The smallest absolute Gasteiger partial charge is 0.265 e. The van der Waals surface area contributed by atoms with Gasteiger partial charge in [-0.3, -0.25) is 19.9 Å². The standard InChI is InChI=1S/C14H20N4O2/c1-18(9-13(19)16-12-6-7-12)8-10-2-4-11(5-3-10)14(20)17-15/h2-5,12H,6-9,15H2,1H3,(H,16,19)(H,17,20). The van der Waals surface area contributed by atoms with Gasteiger partial charge in [-0.2, -0.15) is 0 Å². The zero-order chi connectivity index (χ0) is 14.5. The second kappa shape index (κ2) is 6.49. The third-order valence-electron chi connectivity index (χ3n) is 3.16. The van der Waals surface area contributed by atoms with Crippen molar-refractivity contribution in [1.82, 2.24) is 15.6 Å². The molecule has 1 saturated carbocycles. The molecule has 2 rings (SSSR count). The molecule has 1 aromatic rings. The van der Waals surface area contributed by atoms with Crippen LogP contribution in [0.3, 0.4) is 0 Å². The third kappa shape index (κ3) is 4.32. The second-order valence-electron chi connectivity index (χ2n) is 5.18. The number of nitrogens with two attached hydrogens (primary N) is 1. The zero-order valence-corrected chi connectivity index (χ0v) is 11.6. The minimum atomic E-state index is -0.311. The highest BCUT2D eigenvalue weighted by molar-refractivity contribution is 5.93. The Morgan fingerprint density at radius 2 is 1.95 bits per heavy atom. The van der Waals surface area contributed by atoms with Crippen LogP contribution >= 0.6 is 0 Å². The summed E-state index contributed by atoms with van der Waals surface area (Å²) in [5.74, 6) is 4.82. The Morgan fingerprint density at radius 1 is 1.30 bits per heavy atom. The molecular weight excluding hydrogens is 256 g/mol. The number of nitrogen functional groups attached to an aromatic ring is 1. The second-order valence-corrected chi connectivity index (χ2v) is 5.18. The van der Waals surface area contributed by atoms with E-state index in [0.29, 0.717) is 24.7 Å². The Morgan fingerprint density at radius 3 is 2.50 bits per heavy atom. The van der Waals surface area contributed by atoms with E-state index >= 15 is 0 Å². The van der Waals surface area contributed by atoms with Gasteiger partial charge in [0.25, 0.3) is 5.91 Å². The van der Waals surface area contributed by atoms with Gasteiger partial charge in [-0.05, 0) is 37.6 Å². The van der Waals surface area contributed by atoms with Crippen molar-refractivity contribution >= 4 is 11.8 Å². The molecule has 108 valence electrons. The van der Waals surface area contributed by atoms with Gasteiger partial charge in [-0.1, -0.05) is 12.1 Å². The molecule has 0 saturated heterocycles. The first-order valence-corrected chi connectivity index (χ1v) is 6.66. The van der Waals surface area contributed by atoms with Crippen LogP contribution < -0.4 is 16.6 Å². The lowest BCUT2D eigenvalue weighted by molar-refractivity contribution is -0.122. The van der Waals surface area contributed by atoms with Gasteiger partial charge in [0, 0.05) is 18.2 Å². The fourth-order valence-electron chi connectivity index (χ4n) is 1.96. The number of carbonyl (C=O) groups is 2. The molecule has 1 aliphatic carbocycles. The Labute approximate surface area is 118 Å². The van der Waals surface area contributed by atoms with E-state index in [1.165, 1.54) is 0 Å². The fraction of sp³-hybridized carbons (Fsp3) is 0.429. The molecule has 1 aromatic carbocycles. The Bertz CT molecular complexity index is 482. The molecule has 6 nitrogen and oxygen atoms in total. The highest BCUT2D eigenvalue weighted by Gasteiger charge is 2.23. The summed E-state index contributed by atoms with van der Waals surface area (Å²) in [5.41, 5.74) is 3.65. The fourth-order valence-corrected chi connectivity index (χ4v) is 1.96. The van der Waals surface area contributed by atoms with E-state index in [1.54, 1.807) is 12.1 Å². The van der Waals surface area contributed by atoms with E-state index in [-0.39, 0.29) is 11.8 Å². The summed E-state index contributed by atoms with van der Waals surface area (Å²) in [7, 11) is 1.90. The SMILES string of the molecule is CN(CC(=O)NC1CC1)Cc1ccc(C(=O)NN)cc1. The van der Waals surface area contributed by atoms with E-state index in [9.17, 15) is 9.59 Å². The van der Waals surface area contributed by atoms with E-state index in [0.717, 1.165) is 18.4 Å². The summed E-state index contributed by atoms with van der Waals surface area (Å²) in [5, 5.41) is 2.95. The topological polar surface area (TPSA) is 87.5 Å². The van der Waals surface area contributed by atoms with Crippen LogP contribution in [0.15, 0.2) is 24.3 Å². The van der Waals surface area contributed by atoms with Gasteiger partial charge in [0.2, 0.25) is 5.91 Å². The summed E-state index contributed by atoms with van der Waals surface area (Å²) in [6, 6.07) is 7.55. The third-order valence-corrected chi connectivity index (χ3v) is 3.16. The average Bonchev–Trinajstić information content (AvgIpc) is 3.22. The lowest BCUT2D eigenvalue weighted by Gasteiger charge is -2.16. The maximum Gasteiger partial charge on any atom is 0.265 e. The number of likely N-dealkylation sites (N-methyl/N-ethyl adjacent to an activating group) is 1. The van der Waals surface area contributed by atoms with Gasteiger partial charge in [-0.15, -0.1) is 0 Å². The van der Waals surface area contributed by atoms with Crippen LogP contribution in [0.4, 0.5) is 0 Å². The molecule has 0 bridgehead atoms. The number of nitrogens with one attached hydrogen (secondary N) is 2. The van der Waals surface area contributed by atoms with Gasteiger partial charge in [0.15, 0.2) is 0 Å². The number of hydrogen-bond donors (Lipinski definition) is 3. The summed E-state index contributed by atoms with van der Waals surface area (Å²) in [6.07, 6.45) is 2.19. The Hall–Kier alpha value is -1.92. The van der Waals surface area contributed by atoms with Crippen LogP contribution in [0.25, 0.3) is 0 Å². The molecule has 1 aliphatic rings. The highest BCUT2D eigenvalue weighted by Crippen LogP contribution is 2.18. The molecular formula is C14H20N4O2. The van der Waals surface area contributed by atoms with Gasteiger partial charge >= 0.3 is 0 Å². The largest absolute Gasteiger partial charge is 0.352 e. The highest BCUT2D eigenvalue weighted by atomic mass is 16.2. The van der Waals surface area contributed by atoms with Gasteiger partial charge in [-0.25, -0.2) is 5.84 Å². The monoisotopic (exact) mass is 276 g/mol. The van der Waals surface area contributed by atoms with Crippen molar-refractivity contribution in [1.29, 1.82) is 0 Å². The number of nitrogens with zero attached hydrogens (tertiary/aromatic N) is 1. The number of benzene rings is 1. The summed E-state index contributed by atoms with van der Waals surface area (Å²) >= 11 is 0. The average molecular weight is 276 g/mol. The molecule has 0 unspecified atom stereocenters. The molecule has 0 atom stereocenters. The van der Waals surface area contributed by atoms with Crippen LogP contribution in [0.5, 0.6) is 0 Å². The van der Waals surface area contributed by atoms with Crippen molar-refractivity contribution in [2.24, 2.45) is 5.84 Å². The van der Waals surface area contributed by atoms with Crippen LogP contribution in [0, 0.1) is 0 Å².